The summed E-state index contributed by atoms with van der Waals surface area (Å²) in [5, 5.41) is 11.3. The molecule has 3 rings (SSSR count). The van der Waals surface area contributed by atoms with E-state index in [4.69, 9.17) is 14.2 Å². The zero-order chi connectivity index (χ0) is 17.3. The maximum Gasteiger partial charge on any atom is 0.412 e. The van der Waals surface area contributed by atoms with Crippen molar-refractivity contribution in [2.45, 2.75) is 11.8 Å². The first-order valence-corrected chi connectivity index (χ1v) is 7.46. The van der Waals surface area contributed by atoms with Crippen molar-refractivity contribution in [2.24, 2.45) is 0 Å². The average molecular weight is 329 g/mol. The normalized spacial score (nSPS) is 23.1. The van der Waals surface area contributed by atoms with Crippen LogP contribution in [-0.4, -0.2) is 37.4 Å². The molecule has 0 aliphatic carbocycles. The van der Waals surface area contributed by atoms with Crippen LogP contribution in [0.4, 0.5) is 4.79 Å². The van der Waals surface area contributed by atoms with Gasteiger partial charge in [0.2, 0.25) is 5.72 Å². The second kappa shape index (κ2) is 6.05. The highest BCUT2D eigenvalue weighted by Crippen LogP contribution is 2.46. The molecule has 126 valence electrons. The minimum atomic E-state index is -1.61. The van der Waals surface area contributed by atoms with Gasteiger partial charge in [-0.2, -0.15) is 0 Å². The molecule has 0 saturated carbocycles. The minimum Gasteiger partial charge on any atom is -0.497 e. The molecule has 0 aromatic heterocycles. The first-order valence-electron chi connectivity index (χ1n) is 7.46. The number of benzene rings is 2. The van der Waals surface area contributed by atoms with Gasteiger partial charge in [-0.25, -0.2) is 4.79 Å². The number of nitrogens with zero attached hydrogens (tertiary/aromatic N) is 1. The predicted octanol–water partition coefficient (Wildman–Crippen LogP) is 2.67. The molecule has 1 saturated heterocycles. The first-order chi connectivity index (χ1) is 11.5. The van der Waals surface area contributed by atoms with Crippen LogP contribution in [0.5, 0.6) is 11.5 Å². The van der Waals surface area contributed by atoms with E-state index in [0.717, 1.165) is 0 Å². The van der Waals surface area contributed by atoms with E-state index in [1.54, 1.807) is 62.8 Å². The van der Waals surface area contributed by atoms with Crippen molar-refractivity contribution < 1.29 is 24.1 Å². The highest BCUT2D eigenvalue weighted by atomic mass is 16.6. The number of methoxy groups -OCH3 is 2. The lowest BCUT2D eigenvalue weighted by molar-refractivity contribution is -0.101. The highest BCUT2D eigenvalue weighted by molar-refractivity contribution is 5.72. The maximum absolute atomic E-state index is 12.1. The quantitative estimate of drug-likeness (QED) is 0.934. The Hall–Kier alpha value is -2.73. The van der Waals surface area contributed by atoms with Gasteiger partial charge in [-0.05, 0) is 29.8 Å². The van der Waals surface area contributed by atoms with Crippen molar-refractivity contribution >= 4 is 6.09 Å². The fraction of sp³-hybridized carbons (Fsp3) is 0.278. The van der Waals surface area contributed by atoms with Crippen LogP contribution in [-0.2, 0) is 10.5 Å². The second-order valence-electron chi connectivity index (χ2n) is 5.55. The number of carbonyl (C=O) groups is 1. The van der Waals surface area contributed by atoms with Crippen LogP contribution in [0.3, 0.4) is 0 Å². The standard InChI is InChI=1S/C18H19NO5/c1-19-17(20)24-16(12-4-8-14(22-2)9-5-12)18(19,21)13-6-10-15(23-3)11-7-13/h4-11,16,21H,1-3H3/t16-,18-/m1/s1. The van der Waals surface area contributed by atoms with Gasteiger partial charge in [0.25, 0.3) is 0 Å². The molecular formula is C18H19NO5. The van der Waals surface area contributed by atoms with E-state index in [1.165, 1.54) is 11.9 Å². The summed E-state index contributed by atoms with van der Waals surface area (Å²) in [4.78, 5) is 13.3. The zero-order valence-electron chi connectivity index (χ0n) is 13.7. The smallest absolute Gasteiger partial charge is 0.412 e. The van der Waals surface area contributed by atoms with E-state index < -0.39 is 17.9 Å². The fourth-order valence-corrected chi connectivity index (χ4v) is 2.84. The molecule has 0 radical (unpaired) electrons. The van der Waals surface area contributed by atoms with E-state index in [-0.39, 0.29) is 0 Å². The van der Waals surface area contributed by atoms with Crippen molar-refractivity contribution in [3.63, 3.8) is 0 Å². The summed E-state index contributed by atoms with van der Waals surface area (Å²) >= 11 is 0. The summed E-state index contributed by atoms with van der Waals surface area (Å²) in [6, 6.07) is 14.0. The van der Waals surface area contributed by atoms with Gasteiger partial charge in [0.05, 0.1) is 14.2 Å². The highest BCUT2D eigenvalue weighted by Gasteiger charge is 2.54. The number of rotatable bonds is 4. The molecule has 6 heteroatoms. The number of hydrogen-bond acceptors (Lipinski definition) is 5. The van der Waals surface area contributed by atoms with Crippen LogP contribution < -0.4 is 9.47 Å². The van der Waals surface area contributed by atoms with Gasteiger partial charge in [-0.15, -0.1) is 0 Å². The number of likely N-dealkylation sites (N-methyl/N-ethyl adjacent to an activating group) is 1. The summed E-state index contributed by atoms with van der Waals surface area (Å²) in [7, 11) is 4.65. The molecular weight excluding hydrogens is 310 g/mol. The Balaban J connectivity index is 2.04. The topological polar surface area (TPSA) is 68.2 Å². The Labute approximate surface area is 140 Å². The third-order valence-corrected chi connectivity index (χ3v) is 4.30. The van der Waals surface area contributed by atoms with Crippen molar-refractivity contribution in [1.82, 2.24) is 4.90 Å². The summed E-state index contributed by atoms with van der Waals surface area (Å²) in [5.41, 5.74) is -0.401. The Morgan fingerprint density at radius 1 is 1.00 bits per heavy atom. The number of aliphatic hydroxyl groups is 1. The van der Waals surface area contributed by atoms with Gasteiger partial charge in [-0.3, -0.25) is 4.90 Å². The van der Waals surface area contributed by atoms with Crippen LogP contribution in [0, 0.1) is 0 Å². The summed E-state index contributed by atoms with van der Waals surface area (Å²) < 4.78 is 15.7. The number of amides is 1. The largest absolute Gasteiger partial charge is 0.497 e. The molecule has 24 heavy (non-hydrogen) atoms. The Kier molecular flexibility index (Phi) is 4.07. The molecule has 0 spiro atoms. The fourth-order valence-electron chi connectivity index (χ4n) is 2.84. The van der Waals surface area contributed by atoms with Gasteiger partial charge in [0.1, 0.15) is 11.5 Å². The third kappa shape index (κ3) is 2.45. The van der Waals surface area contributed by atoms with E-state index in [9.17, 15) is 9.90 Å². The molecule has 1 N–H and O–H groups in total. The molecule has 1 amide bonds. The van der Waals surface area contributed by atoms with E-state index >= 15 is 0 Å². The first kappa shape index (κ1) is 16.1. The second-order valence-corrected chi connectivity index (χ2v) is 5.55. The number of ether oxygens (including phenoxy) is 3. The summed E-state index contributed by atoms with van der Waals surface area (Å²) in [6.07, 6.45) is -1.44. The van der Waals surface area contributed by atoms with Crippen LogP contribution in [0.1, 0.15) is 17.2 Å². The molecule has 1 heterocycles. The molecule has 1 aliphatic heterocycles. The lowest BCUT2D eigenvalue weighted by Gasteiger charge is -2.32. The average Bonchev–Trinajstić information content (AvgIpc) is 2.87. The van der Waals surface area contributed by atoms with Crippen LogP contribution in [0.25, 0.3) is 0 Å². The van der Waals surface area contributed by atoms with Crippen LogP contribution in [0.15, 0.2) is 48.5 Å². The van der Waals surface area contributed by atoms with Gasteiger partial charge in [0, 0.05) is 12.6 Å². The Morgan fingerprint density at radius 3 is 2.00 bits per heavy atom. The van der Waals surface area contributed by atoms with Crippen molar-refractivity contribution in [3.8, 4) is 11.5 Å². The molecule has 1 aliphatic rings. The Morgan fingerprint density at radius 2 is 1.50 bits per heavy atom. The molecule has 6 nitrogen and oxygen atoms in total. The summed E-state index contributed by atoms with van der Waals surface area (Å²) in [5.74, 6) is 1.35. The molecule has 1 fully saturated rings. The molecule has 2 aromatic rings. The van der Waals surface area contributed by atoms with Crippen molar-refractivity contribution in [2.75, 3.05) is 21.3 Å². The van der Waals surface area contributed by atoms with E-state index in [2.05, 4.69) is 0 Å². The van der Waals surface area contributed by atoms with Crippen molar-refractivity contribution in [1.29, 1.82) is 0 Å². The summed E-state index contributed by atoms with van der Waals surface area (Å²) in [6.45, 7) is 0. The minimum absolute atomic E-state index is 0.539. The molecule has 2 atom stereocenters. The number of carbonyl (C=O) groups excluding carboxylic acids is 1. The van der Waals surface area contributed by atoms with Crippen LogP contribution in [0.2, 0.25) is 0 Å². The lowest BCUT2D eigenvalue weighted by Crippen LogP contribution is -2.43. The monoisotopic (exact) mass is 329 g/mol. The van der Waals surface area contributed by atoms with Crippen LogP contribution >= 0.6 is 0 Å². The maximum atomic E-state index is 12.1. The van der Waals surface area contributed by atoms with E-state index in [1.807, 2.05) is 0 Å². The van der Waals surface area contributed by atoms with Crippen molar-refractivity contribution in [3.05, 3.63) is 59.7 Å². The predicted molar refractivity (Wildman–Crippen MR) is 86.9 cm³/mol. The Bertz CT molecular complexity index is 728. The number of hydrogen-bond donors (Lipinski definition) is 1. The molecule has 0 unspecified atom stereocenters. The van der Waals surface area contributed by atoms with Gasteiger partial charge in [-0.1, -0.05) is 24.3 Å². The SMILES string of the molecule is COc1ccc([C@H]2OC(=O)N(C)[C@@]2(O)c2ccc(OC)cc2)cc1. The lowest BCUT2D eigenvalue weighted by atomic mass is 9.91. The van der Waals surface area contributed by atoms with E-state index in [0.29, 0.717) is 22.6 Å². The zero-order valence-corrected chi connectivity index (χ0v) is 13.7. The third-order valence-electron chi connectivity index (χ3n) is 4.30. The molecule has 2 aromatic carbocycles. The molecule has 0 bridgehead atoms. The van der Waals surface area contributed by atoms with Gasteiger partial charge < -0.3 is 19.3 Å². The van der Waals surface area contributed by atoms with Gasteiger partial charge in [0.15, 0.2) is 6.10 Å². The number of cyclic esters (lactones) is 1. The van der Waals surface area contributed by atoms with Gasteiger partial charge >= 0.3 is 6.09 Å².